The van der Waals surface area contributed by atoms with Gasteiger partial charge in [-0.05, 0) is 38.6 Å². The van der Waals surface area contributed by atoms with Crippen molar-refractivity contribution in [3.8, 4) is 0 Å². The Hall–Kier alpha value is -0.610. The number of rotatable bonds is 4. The summed E-state index contributed by atoms with van der Waals surface area (Å²) in [6, 6.07) is 0.820. The van der Waals surface area contributed by atoms with Crippen molar-refractivity contribution in [2.24, 2.45) is 11.7 Å². The molecule has 16 heavy (non-hydrogen) atoms. The van der Waals surface area contributed by atoms with Crippen LogP contribution in [0, 0.1) is 5.92 Å². The number of nitrogens with zero attached hydrogens (tertiary/aromatic N) is 2. The predicted octanol–water partition coefficient (Wildman–Crippen LogP) is 0.278. The zero-order valence-corrected chi connectivity index (χ0v) is 10.2. The maximum atomic E-state index is 11.5. The lowest BCUT2D eigenvalue weighted by molar-refractivity contribution is -0.131. The van der Waals surface area contributed by atoms with Crippen LogP contribution in [0.3, 0.4) is 0 Å². The van der Waals surface area contributed by atoms with Gasteiger partial charge >= 0.3 is 0 Å². The molecule has 0 spiro atoms. The van der Waals surface area contributed by atoms with Crippen molar-refractivity contribution in [3.05, 3.63) is 0 Å². The number of amides is 1. The van der Waals surface area contributed by atoms with Crippen molar-refractivity contribution in [2.75, 3.05) is 33.2 Å². The van der Waals surface area contributed by atoms with Gasteiger partial charge in [-0.15, -0.1) is 0 Å². The van der Waals surface area contributed by atoms with Crippen LogP contribution in [0.25, 0.3) is 0 Å². The smallest absolute Gasteiger partial charge is 0.236 e. The number of hydrogen-bond acceptors (Lipinski definition) is 3. The van der Waals surface area contributed by atoms with E-state index >= 15 is 0 Å². The Labute approximate surface area is 97.8 Å². The molecule has 0 bridgehead atoms. The molecule has 2 N–H and O–H groups in total. The lowest BCUT2D eigenvalue weighted by Crippen LogP contribution is -2.45. The Morgan fingerprint density at radius 3 is 2.81 bits per heavy atom. The van der Waals surface area contributed by atoms with E-state index in [1.165, 1.54) is 19.3 Å². The van der Waals surface area contributed by atoms with Gasteiger partial charge in [0.15, 0.2) is 0 Å². The topological polar surface area (TPSA) is 49.6 Å². The van der Waals surface area contributed by atoms with Gasteiger partial charge in [0.25, 0.3) is 0 Å². The van der Waals surface area contributed by atoms with Crippen LogP contribution in [-0.2, 0) is 4.79 Å². The normalized spacial score (nSPS) is 26.2. The van der Waals surface area contributed by atoms with Crippen LogP contribution in [0.2, 0.25) is 0 Å². The van der Waals surface area contributed by atoms with Gasteiger partial charge in [0.05, 0.1) is 6.54 Å². The molecule has 1 atom stereocenters. The van der Waals surface area contributed by atoms with E-state index in [9.17, 15) is 4.79 Å². The van der Waals surface area contributed by atoms with Crippen LogP contribution in [0.15, 0.2) is 0 Å². The molecule has 1 unspecified atom stereocenters. The van der Waals surface area contributed by atoms with Crippen molar-refractivity contribution < 1.29 is 4.79 Å². The Balaban J connectivity index is 1.79. The molecule has 1 amide bonds. The molecule has 2 aliphatic rings. The first-order valence-corrected chi connectivity index (χ1v) is 6.38. The zero-order valence-electron chi connectivity index (χ0n) is 10.2. The quantitative estimate of drug-likeness (QED) is 0.747. The molecule has 4 nitrogen and oxygen atoms in total. The van der Waals surface area contributed by atoms with Gasteiger partial charge in [0.2, 0.25) is 5.91 Å². The molecule has 1 aliphatic heterocycles. The molecule has 1 saturated carbocycles. The fourth-order valence-corrected chi connectivity index (χ4v) is 2.64. The summed E-state index contributed by atoms with van der Waals surface area (Å²) in [5, 5.41) is 0. The SMILES string of the molecule is CN(CC1CCCN(C(=O)CN)C1)C1CC1. The highest BCUT2D eigenvalue weighted by Crippen LogP contribution is 2.27. The van der Waals surface area contributed by atoms with Crippen molar-refractivity contribution >= 4 is 5.91 Å². The fourth-order valence-electron chi connectivity index (χ4n) is 2.64. The van der Waals surface area contributed by atoms with Crippen molar-refractivity contribution in [2.45, 2.75) is 31.7 Å². The molecular formula is C12H23N3O. The molecule has 0 aromatic carbocycles. The van der Waals surface area contributed by atoms with E-state index in [4.69, 9.17) is 5.73 Å². The van der Waals surface area contributed by atoms with E-state index in [1.807, 2.05) is 4.90 Å². The highest BCUT2D eigenvalue weighted by atomic mass is 16.2. The van der Waals surface area contributed by atoms with Gasteiger partial charge in [0, 0.05) is 25.7 Å². The third kappa shape index (κ3) is 2.95. The van der Waals surface area contributed by atoms with Crippen LogP contribution < -0.4 is 5.73 Å². The molecule has 0 aromatic rings. The third-order valence-corrected chi connectivity index (χ3v) is 3.76. The molecule has 92 valence electrons. The molecule has 1 aliphatic carbocycles. The summed E-state index contributed by atoms with van der Waals surface area (Å²) in [6.45, 7) is 3.11. The Bertz CT molecular complexity index is 253. The van der Waals surface area contributed by atoms with E-state index in [0.717, 1.165) is 32.1 Å². The van der Waals surface area contributed by atoms with Crippen LogP contribution in [0.4, 0.5) is 0 Å². The number of carbonyl (C=O) groups is 1. The molecule has 2 rings (SSSR count). The van der Waals surface area contributed by atoms with Gasteiger partial charge in [-0.3, -0.25) is 4.79 Å². The molecular weight excluding hydrogens is 202 g/mol. The zero-order chi connectivity index (χ0) is 11.5. The van der Waals surface area contributed by atoms with E-state index in [1.54, 1.807) is 0 Å². The number of hydrogen-bond donors (Lipinski definition) is 1. The summed E-state index contributed by atoms with van der Waals surface area (Å²) >= 11 is 0. The van der Waals surface area contributed by atoms with Gasteiger partial charge in [-0.2, -0.15) is 0 Å². The first-order valence-electron chi connectivity index (χ1n) is 6.38. The maximum Gasteiger partial charge on any atom is 0.236 e. The average molecular weight is 225 g/mol. The monoisotopic (exact) mass is 225 g/mol. The van der Waals surface area contributed by atoms with E-state index in [2.05, 4.69) is 11.9 Å². The second-order valence-electron chi connectivity index (χ2n) is 5.22. The molecule has 2 fully saturated rings. The standard InChI is InChI=1S/C12H23N3O/c1-14(11-4-5-11)8-10-3-2-6-15(9-10)12(16)7-13/h10-11H,2-9,13H2,1H3. The van der Waals surface area contributed by atoms with E-state index < -0.39 is 0 Å². The first-order chi connectivity index (χ1) is 7.70. The summed E-state index contributed by atoms with van der Waals surface area (Å²) in [6.07, 6.45) is 5.10. The van der Waals surface area contributed by atoms with Gasteiger partial charge < -0.3 is 15.5 Å². The minimum Gasteiger partial charge on any atom is -0.341 e. The van der Waals surface area contributed by atoms with Crippen LogP contribution in [-0.4, -0.2) is 55.0 Å². The molecule has 1 heterocycles. The summed E-state index contributed by atoms with van der Waals surface area (Å²) < 4.78 is 0. The van der Waals surface area contributed by atoms with Crippen LogP contribution in [0.1, 0.15) is 25.7 Å². The Morgan fingerprint density at radius 2 is 2.19 bits per heavy atom. The summed E-state index contributed by atoms with van der Waals surface area (Å²) in [5.74, 6) is 0.758. The van der Waals surface area contributed by atoms with Crippen LogP contribution >= 0.6 is 0 Å². The lowest BCUT2D eigenvalue weighted by atomic mass is 9.97. The second kappa shape index (κ2) is 5.15. The van der Waals surface area contributed by atoms with Crippen molar-refractivity contribution in [1.82, 2.24) is 9.80 Å². The largest absolute Gasteiger partial charge is 0.341 e. The van der Waals surface area contributed by atoms with Crippen molar-refractivity contribution in [3.63, 3.8) is 0 Å². The van der Waals surface area contributed by atoms with E-state index in [-0.39, 0.29) is 12.5 Å². The van der Waals surface area contributed by atoms with E-state index in [0.29, 0.717) is 5.92 Å². The second-order valence-corrected chi connectivity index (χ2v) is 5.22. The fraction of sp³-hybridized carbons (Fsp3) is 0.917. The average Bonchev–Trinajstić information content (AvgIpc) is 3.12. The molecule has 0 aromatic heterocycles. The molecule has 4 heteroatoms. The number of piperidine rings is 1. The van der Waals surface area contributed by atoms with Gasteiger partial charge in [-0.1, -0.05) is 0 Å². The molecule has 0 radical (unpaired) electrons. The number of carbonyl (C=O) groups excluding carboxylic acids is 1. The van der Waals surface area contributed by atoms with Gasteiger partial charge in [0.1, 0.15) is 0 Å². The minimum absolute atomic E-state index is 0.110. The summed E-state index contributed by atoms with van der Waals surface area (Å²) in [5.41, 5.74) is 5.41. The first kappa shape index (κ1) is 11.9. The van der Waals surface area contributed by atoms with Crippen molar-refractivity contribution in [1.29, 1.82) is 0 Å². The Morgan fingerprint density at radius 1 is 1.44 bits per heavy atom. The lowest BCUT2D eigenvalue weighted by Gasteiger charge is -2.34. The summed E-state index contributed by atoms with van der Waals surface area (Å²) in [7, 11) is 2.21. The van der Waals surface area contributed by atoms with Gasteiger partial charge in [-0.25, -0.2) is 0 Å². The number of likely N-dealkylation sites (tertiary alicyclic amines) is 1. The number of nitrogens with two attached hydrogens (primary N) is 1. The maximum absolute atomic E-state index is 11.5. The van der Waals surface area contributed by atoms with Crippen LogP contribution in [0.5, 0.6) is 0 Å². The highest BCUT2D eigenvalue weighted by molar-refractivity contribution is 5.78. The molecule has 1 saturated heterocycles. The third-order valence-electron chi connectivity index (χ3n) is 3.76. The minimum atomic E-state index is 0.110. The highest BCUT2D eigenvalue weighted by Gasteiger charge is 2.30. The summed E-state index contributed by atoms with van der Waals surface area (Å²) in [4.78, 5) is 15.9. The Kier molecular flexibility index (Phi) is 3.82. The predicted molar refractivity (Wildman–Crippen MR) is 64.0 cm³/mol.